The number of fused-ring (bicyclic) bond motifs is 2. The van der Waals surface area contributed by atoms with E-state index in [2.05, 4.69) is 103 Å². The highest BCUT2D eigenvalue weighted by molar-refractivity contribution is 5.92. The van der Waals surface area contributed by atoms with Crippen molar-refractivity contribution in [3.63, 3.8) is 0 Å². The summed E-state index contributed by atoms with van der Waals surface area (Å²) in [6.45, 7) is 6.47. The van der Waals surface area contributed by atoms with Crippen molar-refractivity contribution in [2.45, 2.75) is 6.92 Å². The number of rotatable bonds is 1. The molecule has 2 heteroatoms. The number of anilines is 1. The van der Waals surface area contributed by atoms with E-state index in [0.29, 0.717) is 0 Å². The second-order valence-corrected chi connectivity index (χ2v) is 7.07. The lowest BCUT2D eigenvalue weighted by Gasteiger charge is -2.14. The van der Waals surface area contributed by atoms with Crippen LogP contribution in [0, 0.1) is 6.92 Å². The van der Waals surface area contributed by atoms with Gasteiger partial charge in [-0.1, -0.05) is 55.1 Å². The minimum atomic E-state index is 0.996. The molecule has 1 aliphatic heterocycles. The maximum absolute atomic E-state index is 4.31. The fraction of sp³-hybridized carbons (Fsp3) is 0.0769. The van der Waals surface area contributed by atoms with Gasteiger partial charge in [0.15, 0.2) is 0 Å². The first-order chi connectivity index (χ1) is 13.6. The zero-order valence-corrected chi connectivity index (χ0v) is 16.3. The lowest BCUT2D eigenvalue weighted by molar-refractivity contribution is 0.957. The number of para-hydroxylation sites is 2. The molecular weight excluding hydrogens is 340 g/mol. The second-order valence-electron chi connectivity index (χ2n) is 7.07. The standard InChI is InChI=1S/C26H24N2/c1-19-17-22(14-15-27-25-12-6-4-10-23(19)25)21-9-8-16-28(3)26-13-7-5-11-24(26)20(2)18-21/h4-18,27H,1H2,2-3H3/b15-14-,16-8?,20-18?,21-9?,22-17+. The van der Waals surface area contributed by atoms with Gasteiger partial charge in [-0.3, -0.25) is 0 Å². The molecule has 1 N–H and O–H groups in total. The lowest BCUT2D eigenvalue weighted by Crippen LogP contribution is -1.96. The highest BCUT2D eigenvalue weighted by Gasteiger charge is 2.08. The Hall–Kier alpha value is -3.52. The molecule has 2 nitrogen and oxygen atoms in total. The van der Waals surface area contributed by atoms with Crippen LogP contribution in [0.1, 0.15) is 16.7 Å². The van der Waals surface area contributed by atoms with Crippen LogP contribution in [0.3, 0.4) is 0 Å². The molecule has 2 aromatic carbocycles. The smallest absolute Gasteiger partial charge is 0.0479 e. The third-order valence-corrected chi connectivity index (χ3v) is 5.10. The Morgan fingerprint density at radius 1 is 0.929 bits per heavy atom. The van der Waals surface area contributed by atoms with E-state index >= 15 is 0 Å². The van der Waals surface area contributed by atoms with Crippen LogP contribution >= 0.6 is 0 Å². The molecule has 0 spiro atoms. The summed E-state index contributed by atoms with van der Waals surface area (Å²) in [5.74, 6) is 0. The molecule has 3 aromatic rings. The van der Waals surface area contributed by atoms with Crippen LogP contribution in [0.2, 0.25) is 0 Å². The number of aromatic nitrogens is 1. The molecule has 2 heterocycles. The highest BCUT2D eigenvalue weighted by atomic mass is 14.9. The Labute approximate surface area is 166 Å². The van der Waals surface area contributed by atoms with E-state index in [9.17, 15) is 0 Å². The van der Waals surface area contributed by atoms with Gasteiger partial charge in [-0.15, -0.1) is 0 Å². The number of hydrogen-bond donors (Lipinski definition) is 1. The summed E-state index contributed by atoms with van der Waals surface area (Å²) in [4.78, 5) is 0. The summed E-state index contributed by atoms with van der Waals surface area (Å²) in [5, 5.41) is 4.62. The van der Waals surface area contributed by atoms with E-state index in [0.717, 1.165) is 28.0 Å². The van der Waals surface area contributed by atoms with Crippen molar-refractivity contribution in [1.82, 2.24) is 4.57 Å². The summed E-state index contributed by atoms with van der Waals surface area (Å²) in [6.07, 6.45) is 8.36. The van der Waals surface area contributed by atoms with E-state index in [1.807, 2.05) is 18.3 Å². The first kappa shape index (κ1) is 17.9. The molecule has 0 saturated heterocycles. The van der Waals surface area contributed by atoms with Crippen LogP contribution in [0.25, 0.3) is 22.0 Å². The quantitative estimate of drug-likeness (QED) is 0.512. The van der Waals surface area contributed by atoms with Gasteiger partial charge in [0.25, 0.3) is 0 Å². The zero-order chi connectivity index (χ0) is 19.5. The largest absolute Gasteiger partial charge is 0.361 e. The van der Waals surface area contributed by atoms with Crippen molar-refractivity contribution in [2.24, 2.45) is 7.05 Å². The predicted octanol–water partition coefficient (Wildman–Crippen LogP) is 6.65. The van der Waals surface area contributed by atoms with E-state index in [1.54, 1.807) is 0 Å². The van der Waals surface area contributed by atoms with Gasteiger partial charge in [-0.2, -0.15) is 0 Å². The molecule has 1 aliphatic rings. The molecule has 0 unspecified atom stereocenters. The van der Waals surface area contributed by atoms with E-state index in [4.69, 9.17) is 0 Å². The molecular formula is C26H24N2. The van der Waals surface area contributed by atoms with E-state index < -0.39 is 0 Å². The maximum atomic E-state index is 4.31. The summed E-state index contributed by atoms with van der Waals surface area (Å²) in [7, 11) is 2.08. The molecule has 4 rings (SSSR count). The Balaban J connectivity index is 1.92. The second kappa shape index (κ2) is 7.61. The Morgan fingerprint density at radius 2 is 1.71 bits per heavy atom. The molecule has 0 atom stereocenters. The SMILES string of the molecule is C=C1/C=C(c2cccn(C)c3ccccc3c(C)c2)\C=C/Nc2ccccc21. The molecule has 0 amide bonds. The average Bonchev–Trinajstić information content (AvgIpc) is 2.76. The first-order valence-electron chi connectivity index (χ1n) is 9.46. The molecule has 1 aromatic heterocycles. The van der Waals surface area contributed by atoms with Crippen LogP contribution in [0.5, 0.6) is 0 Å². The fourth-order valence-electron chi connectivity index (χ4n) is 3.61. The van der Waals surface area contributed by atoms with Gasteiger partial charge in [0.2, 0.25) is 0 Å². The van der Waals surface area contributed by atoms with Gasteiger partial charge in [0, 0.05) is 41.6 Å². The van der Waals surface area contributed by atoms with Crippen LogP contribution in [-0.2, 0) is 7.05 Å². The van der Waals surface area contributed by atoms with Crippen molar-refractivity contribution >= 4 is 27.7 Å². The summed E-state index contributed by atoms with van der Waals surface area (Å²) in [6, 6.07) is 23.2. The fourth-order valence-corrected chi connectivity index (χ4v) is 3.61. The Kier molecular flexibility index (Phi) is 4.86. The maximum Gasteiger partial charge on any atom is 0.0479 e. The monoisotopic (exact) mass is 364 g/mol. The third kappa shape index (κ3) is 3.49. The Morgan fingerprint density at radius 3 is 2.61 bits per heavy atom. The molecule has 0 radical (unpaired) electrons. The molecule has 0 aliphatic carbocycles. The summed E-state index contributed by atoms with van der Waals surface area (Å²) < 4.78 is 2.16. The average molecular weight is 364 g/mol. The molecule has 28 heavy (non-hydrogen) atoms. The van der Waals surface area contributed by atoms with Gasteiger partial charge in [-0.25, -0.2) is 0 Å². The van der Waals surface area contributed by atoms with Crippen LogP contribution in [0.4, 0.5) is 5.69 Å². The lowest BCUT2D eigenvalue weighted by atomic mass is 9.97. The summed E-state index contributed by atoms with van der Waals surface area (Å²) >= 11 is 0. The zero-order valence-electron chi connectivity index (χ0n) is 16.3. The van der Waals surface area contributed by atoms with Crippen molar-refractivity contribution in [2.75, 3.05) is 5.32 Å². The van der Waals surface area contributed by atoms with Crippen molar-refractivity contribution in [3.8, 4) is 0 Å². The van der Waals surface area contributed by atoms with Crippen LogP contribution in [-0.4, -0.2) is 4.57 Å². The van der Waals surface area contributed by atoms with Crippen molar-refractivity contribution < 1.29 is 0 Å². The van der Waals surface area contributed by atoms with E-state index in [1.165, 1.54) is 16.5 Å². The predicted molar refractivity (Wildman–Crippen MR) is 121 cm³/mol. The Bertz CT molecular complexity index is 1170. The number of aryl methyl sites for hydroxylation is 2. The summed E-state index contributed by atoms with van der Waals surface area (Å²) in [5.41, 5.74) is 7.89. The normalized spacial score (nSPS) is 16.1. The van der Waals surface area contributed by atoms with Gasteiger partial charge in [-0.05, 0) is 59.5 Å². The van der Waals surface area contributed by atoms with E-state index in [-0.39, 0.29) is 0 Å². The van der Waals surface area contributed by atoms with Gasteiger partial charge >= 0.3 is 0 Å². The molecule has 0 saturated carbocycles. The minimum Gasteiger partial charge on any atom is -0.361 e. The minimum absolute atomic E-state index is 0.996. The van der Waals surface area contributed by atoms with Gasteiger partial charge in [0.05, 0.1) is 0 Å². The van der Waals surface area contributed by atoms with Crippen LogP contribution < -0.4 is 5.32 Å². The van der Waals surface area contributed by atoms with Crippen LogP contribution in [0.15, 0.2) is 97.9 Å². The number of nitrogens with one attached hydrogen (secondary N) is 1. The van der Waals surface area contributed by atoms with Gasteiger partial charge < -0.3 is 9.88 Å². The number of benzene rings is 2. The number of hydrogen-bond acceptors (Lipinski definition) is 1. The topological polar surface area (TPSA) is 17.0 Å². The van der Waals surface area contributed by atoms with Gasteiger partial charge in [0.1, 0.15) is 0 Å². The van der Waals surface area contributed by atoms with Crippen molar-refractivity contribution in [1.29, 1.82) is 0 Å². The highest BCUT2D eigenvalue weighted by Crippen LogP contribution is 2.30. The molecule has 138 valence electrons. The molecule has 0 fully saturated rings. The third-order valence-electron chi connectivity index (χ3n) is 5.10. The number of nitrogens with zero attached hydrogens (tertiary/aromatic N) is 1. The molecule has 0 bridgehead atoms. The first-order valence-corrected chi connectivity index (χ1v) is 9.46. The van der Waals surface area contributed by atoms with Crippen molar-refractivity contribution in [3.05, 3.63) is 115 Å². The number of allylic oxidation sites excluding steroid dienone is 4.